The smallest absolute Gasteiger partial charge is 0.227 e. The van der Waals surface area contributed by atoms with Crippen molar-refractivity contribution in [1.29, 1.82) is 0 Å². The Hall–Kier alpha value is -3.28. The molecule has 4 rings (SSSR count). The Morgan fingerprint density at radius 1 is 1.08 bits per heavy atom. The van der Waals surface area contributed by atoms with Gasteiger partial charge in [0.2, 0.25) is 5.91 Å². The average Bonchev–Trinajstić information content (AvgIpc) is 3.01. The highest BCUT2D eigenvalue weighted by atomic mass is 16.5. The number of ether oxygens (including phenoxy) is 2. The van der Waals surface area contributed by atoms with Crippen LogP contribution in [0.1, 0.15) is 77.8 Å². The van der Waals surface area contributed by atoms with E-state index in [9.17, 15) is 9.59 Å². The zero-order valence-corrected chi connectivity index (χ0v) is 22.8. The fourth-order valence-corrected chi connectivity index (χ4v) is 5.48. The summed E-state index contributed by atoms with van der Waals surface area (Å²) in [7, 11) is 1.62. The van der Waals surface area contributed by atoms with Crippen LogP contribution in [-0.2, 0) is 9.59 Å². The number of para-hydroxylation sites is 2. The van der Waals surface area contributed by atoms with Gasteiger partial charge in [0, 0.05) is 18.5 Å². The topological polar surface area (TPSA) is 67.9 Å². The van der Waals surface area contributed by atoms with E-state index in [0.717, 1.165) is 48.3 Å². The molecule has 6 heteroatoms. The lowest BCUT2D eigenvalue weighted by molar-refractivity contribution is -0.125. The third-order valence-corrected chi connectivity index (χ3v) is 7.15. The largest absolute Gasteiger partial charge is 0.493 e. The van der Waals surface area contributed by atoms with Crippen LogP contribution in [0.3, 0.4) is 0 Å². The van der Waals surface area contributed by atoms with E-state index < -0.39 is 12.0 Å². The van der Waals surface area contributed by atoms with Gasteiger partial charge in [-0.05, 0) is 48.1 Å². The first kappa shape index (κ1) is 26.8. The molecular weight excluding hydrogens is 464 g/mol. The van der Waals surface area contributed by atoms with Crippen LogP contribution in [0.15, 0.2) is 54.2 Å². The van der Waals surface area contributed by atoms with E-state index in [0.29, 0.717) is 30.9 Å². The molecule has 6 nitrogen and oxygen atoms in total. The third kappa shape index (κ3) is 5.68. The van der Waals surface area contributed by atoms with E-state index in [1.54, 1.807) is 7.11 Å². The summed E-state index contributed by atoms with van der Waals surface area (Å²) in [4.78, 5) is 29.7. The van der Waals surface area contributed by atoms with Crippen molar-refractivity contribution in [2.45, 2.75) is 72.3 Å². The van der Waals surface area contributed by atoms with Crippen LogP contribution in [0.2, 0.25) is 0 Å². The number of ketones is 1. The molecule has 0 unspecified atom stereocenters. The molecule has 0 fully saturated rings. The van der Waals surface area contributed by atoms with Crippen molar-refractivity contribution in [3.63, 3.8) is 0 Å². The number of benzene rings is 2. The number of nitrogens with one attached hydrogen (secondary N) is 1. The number of Topliss-reactive ketones (excluding diaryl/α,β-unsaturated/α-hetero) is 1. The van der Waals surface area contributed by atoms with Gasteiger partial charge in [-0.25, -0.2) is 0 Å². The van der Waals surface area contributed by atoms with E-state index >= 15 is 0 Å². The standard InChI is InChI=1S/C31H40N2O4/c1-6-8-9-14-28(35)33-24-13-11-10-12-22(24)32-23-19-31(3,4)20-25(34)29(23)30(33)21-15-16-26(37-17-7-2)27(18-21)36-5/h10-13,15-16,18-19,29-30,32H,6-9,14,17,20H2,1-5H3/t29-,30+/m0/s1. The van der Waals surface area contributed by atoms with Crippen LogP contribution >= 0.6 is 0 Å². The molecule has 1 amide bonds. The first-order valence-electron chi connectivity index (χ1n) is 13.5. The maximum atomic E-state index is 14.0. The SMILES string of the molecule is CCCCCC(=O)N1c2ccccc2NC2=CC(C)(C)CC(=O)[C@H]2[C@H]1c1ccc(OCCC)c(OC)c1. The molecule has 2 aromatic rings. The highest BCUT2D eigenvalue weighted by Gasteiger charge is 2.46. The Bertz CT molecular complexity index is 1170. The number of carbonyl (C=O) groups is 2. The number of carbonyl (C=O) groups excluding carboxylic acids is 2. The number of hydrogen-bond acceptors (Lipinski definition) is 5. The fraction of sp³-hybridized carbons (Fsp3) is 0.484. The second-order valence-electron chi connectivity index (χ2n) is 10.8. The molecule has 37 heavy (non-hydrogen) atoms. The molecule has 0 bridgehead atoms. The molecule has 1 heterocycles. The Kier molecular flexibility index (Phi) is 8.25. The third-order valence-electron chi connectivity index (χ3n) is 7.15. The predicted molar refractivity (Wildman–Crippen MR) is 148 cm³/mol. The van der Waals surface area contributed by atoms with Crippen LogP contribution in [0.4, 0.5) is 11.4 Å². The molecule has 1 aliphatic carbocycles. The number of amides is 1. The van der Waals surface area contributed by atoms with Crippen molar-refractivity contribution < 1.29 is 19.1 Å². The van der Waals surface area contributed by atoms with Gasteiger partial charge in [0.25, 0.3) is 0 Å². The summed E-state index contributed by atoms with van der Waals surface area (Å²) in [6.07, 6.45) is 6.74. The first-order valence-corrected chi connectivity index (χ1v) is 13.5. The second-order valence-corrected chi connectivity index (χ2v) is 10.8. The minimum atomic E-state index is -0.511. The summed E-state index contributed by atoms with van der Waals surface area (Å²) < 4.78 is 11.6. The number of fused-ring (bicyclic) bond motifs is 2. The van der Waals surface area contributed by atoms with Gasteiger partial charge in [0.1, 0.15) is 5.78 Å². The lowest BCUT2D eigenvalue weighted by Crippen LogP contribution is -2.43. The molecule has 2 atom stereocenters. The number of allylic oxidation sites excluding steroid dienone is 1. The molecule has 0 aromatic heterocycles. The van der Waals surface area contributed by atoms with Crippen molar-refractivity contribution in [1.82, 2.24) is 0 Å². The lowest BCUT2D eigenvalue weighted by atomic mass is 9.72. The van der Waals surface area contributed by atoms with Crippen molar-refractivity contribution in [3.05, 3.63) is 59.8 Å². The van der Waals surface area contributed by atoms with Crippen LogP contribution < -0.4 is 19.7 Å². The second kappa shape index (κ2) is 11.4. The van der Waals surface area contributed by atoms with Crippen molar-refractivity contribution >= 4 is 23.1 Å². The molecule has 2 aliphatic rings. The number of unbranched alkanes of at least 4 members (excludes halogenated alkanes) is 2. The van der Waals surface area contributed by atoms with Crippen LogP contribution in [0.5, 0.6) is 11.5 Å². The molecule has 0 saturated carbocycles. The van der Waals surface area contributed by atoms with E-state index in [4.69, 9.17) is 9.47 Å². The van der Waals surface area contributed by atoms with Crippen LogP contribution in [-0.4, -0.2) is 25.4 Å². The van der Waals surface area contributed by atoms with Gasteiger partial charge >= 0.3 is 0 Å². The molecule has 0 radical (unpaired) electrons. The summed E-state index contributed by atoms with van der Waals surface area (Å²) in [5.74, 6) is 0.904. The Morgan fingerprint density at radius 2 is 1.86 bits per heavy atom. The van der Waals surface area contributed by atoms with Crippen LogP contribution in [0, 0.1) is 11.3 Å². The van der Waals surface area contributed by atoms with E-state index in [-0.39, 0.29) is 17.1 Å². The molecule has 198 valence electrons. The van der Waals surface area contributed by atoms with Gasteiger partial charge in [-0.1, -0.05) is 64.8 Å². The maximum Gasteiger partial charge on any atom is 0.227 e. The normalized spacial score (nSPS) is 20.2. The van der Waals surface area contributed by atoms with E-state index in [1.165, 1.54) is 0 Å². The minimum Gasteiger partial charge on any atom is -0.493 e. The van der Waals surface area contributed by atoms with Gasteiger partial charge in [0.05, 0.1) is 37.1 Å². The summed E-state index contributed by atoms with van der Waals surface area (Å²) in [6.45, 7) is 8.94. The Morgan fingerprint density at radius 3 is 2.59 bits per heavy atom. The molecule has 0 spiro atoms. The number of methoxy groups -OCH3 is 1. The fourth-order valence-electron chi connectivity index (χ4n) is 5.48. The number of anilines is 2. The van der Waals surface area contributed by atoms with Gasteiger partial charge in [-0.3, -0.25) is 9.59 Å². The first-order chi connectivity index (χ1) is 17.8. The minimum absolute atomic E-state index is 0.0249. The number of hydrogen-bond donors (Lipinski definition) is 1. The Balaban J connectivity index is 1.91. The zero-order valence-electron chi connectivity index (χ0n) is 22.8. The molecule has 2 aromatic carbocycles. The van der Waals surface area contributed by atoms with Gasteiger partial charge in [-0.15, -0.1) is 0 Å². The number of nitrogens with zero attached hydrogens (tertiary/aromatic N) is 1. The van der Waals surface area contributed by atoms with Crippen molar-refractivity contribution in [2.24, 2.45) is 11.3 Å². The quantitative estimate of drug-likeness (QED) is 0.370. The predicted octanol–water partition coefficient (Wildman–Crippen LogP) is 7.06. The lowest BCUT2D eigenvalue weighted by Gasteiger charge is -2.39. The van der Waals surface area contributed by atoms with Crippen molar-refractivity contribution in [2.75, 3.05) is 23.9 Å². The number of rotatable bonds is 9. The molecule has 1 N–H and O–H groups in total. The van der Waals surface area contributed by atoms with E-state index in [2.05, 4.69) is 39.1 Å². The van der Waals surface area contributed by atoms with Gasteiger partial charge in [-0.2, -0.15) is 0 Å². The Labute approximate surface area is 221 Å². The average molecular weight is 505 g/mol. The summed E-state index contributed by atoms with van der Waals surface area (Å²) in [6, 6.07) is 13.2. The molecule has 1 aliphatic heterocycles. The highest BCUT2D eigenvalue weighted by Crippen LogP contribution is 2.49. The monoisotopic (exact) mass is 504 g/mol. The van der Waals surface area contributed by atoms with Gasteiger partial charge in [0.15, 0.2) is 11.5 Å². The molecule has 0 saturated heterocycles. The summed E-state index contributed by atoms with van der Waals surface area (Å²) in [5.41, 5.74) is 3.07. The van der Waals surface area contributed by atoms with Crippen LogP contribution in [0.25, 0.3) is 0 Å². The van der Waals surface area contributed by atoms with Crippen molar-refractivity contribution in [3.8, 4) is 11.5 Å². The van der Waals surface area contributed by atoms with Gasteiger partial charge < -0.3 is 19.7 Å². The molecular formula is C31H40N2O4. The highest BCUT2D eigenvalue weighted by molar-refractivity contribution is 6.01. The summed E-state index contributed by atoms with van der Waals surface area (Å²) in [5, 5.41) is 3.56. The maximum absolute atomic E-state index is 14.0. The zero-order chi connectivity index (χ0) is 26.6. The summed E-state index contributed by atoms with van der Waals surface area (Å²) >= 11 is 0. The van der Waals surface area contributed by atoms with E-state index in [1.807, 2.05) is 47.4 Å².